The summed E-state index contributed by atoms with van der Waals surface area (Å²) in [5, 5.41) is 0. The third-order valence-corrected chi connectivity index (χ3v) is 5.16. The maximum Gasteiger partial charge on any atom is 0.327 e. The van der Waals surface area contributed by atoms with Gasteiger partial charge in [0, 0.05) is 7.05 Å². The maximum atomic E-state index is 12.8. The summed E-state index contributed by atoms with van der Waals surface area (Å²) in [6.45, 7) is 4.08. The molecule has 0 aromatic heterocycles. The summed E-state index contributed by atoms with van der Waals surface area (Å²) in [6, 6.07) is 9.29. The number of imide groups is 1. The number of benzene rings is 1. The minimum Gasteiger partial charge on any atom is -0.322 e. The number of rotatable bonds is 5. The van der Waals surface area contributed by atoms with E-state index in [1.165, 1.54) is 4.90 Å². The van der Waals surface area contributed by atoms with Gasteiger partial charge >= 0.3 is 6.03 Å². The highest BCUT2D eigenvalue weighted by atomic mass is 79.9. The highest BCUT2D eigenvalue weighted by Gasteiger charge is 2.46. The van der Waals surface area contributed by atoms with E-state index in [2.05, 4.69) is 22.9 Å². The van der Waals surface area contributed by atoms with Crippen LogP contribution in [-0.4, -0.2) is 39.7 Å². The highest BCUT2D eigenvalue weighted by molar-refractivity contribution is 9.10. The van der Waals surface area contributed by atoms with E-state index in [-0.39, 0.29) is 28.8 Å². The molecule has 1 aliphatic heterocycles. The zero-order valence-electron chi connectivity index (χ0n) is 13.3. The third kappa shape index (κ3) is 3.19. The molecule has 1 aromatic rings. The molecule has 1 aliphatic rings. The van der Waals surface area contributed by atoms with Crippen molar-refractivity contribution in [2.24, 2.45) is 0 Å². The van der Waals surface area contributed by atoms with Crippen LogP contribution in [0.1, 0.15) is 44.7 Å². The van der Waals surface area contributed by atoms with Gasteiger partial charge in [0.1, 0.15) is 0 Å². The normalized spacial score (nSPS) is 23.0. The Balaban J connectivity index is 2.29. The van der Waals surface area contributed by atoms with E-state index in [9.17, 15) is 9.59 Å². The molecular weight excluding hydrogens is 344 g/mol. The lowest BCUT2D eigenvalue weighted by atomic mass is 10.00. The molecule has 0 saturated carbocycles. The summed E-state index contributed by atoms with van der Waals surface area (Å²) in [6.07, 6.45) is 2.74. The number of urea groups is 1. The summed E-state index contributed by atoms with van der Waals surface area (Å²) in [5.41, 5.74) is 0.997. The van der Waals surface area contributed by atoms with Crippen molar-refractivity contribution in [1.29, 1.82) is 0 Å². The van der Waals surface area contributed by atoms with Gasteiger partial charge in [-0.15, -0.1) is 0 Å². The van der Waals surface area contributed by atoms with Gasteiger partial charge in [0.15, 0.2) is 0 Å². The van der Waals surface area contributed by atoms with E-state index in [0.717, 1.165) is 24.8 Å². The van der Waals surface area contributed by atoms with Crippen molar-refractivity contribution in [2.75, 3.05) is 7.05 Å². The fraction of sp³-hybridized carbons (Fsp3) is 0.529. The summed E-state index contributed by atoms with van der Waals surface area (Å²) in [7, 11) is 1.76. The van der Waals surface area contributed by atoms with E-state index in [1.54, 1.807) is 11.9 Å². The van der Waals surface area contributed by atoms with Crippen LogP contribution < -0.4 is 0 Å². The predicted molar refractivity (Wildman–Crippen MR) is 90.9 cm³/mol. The largest absolute Gasteiger partial charge is 0.327 e. The minimum absolute atomic E-state index is 0.0373. The van der Waals surface area contributed by atoms with Crippen LogP contribution in [0.15, 0.2) is 30.3 Å². The molecule has 1 unspecified atom stereocenters. The van der Waals surface area contributed by atoms with Gasteiger partial charge in [0.05, 0.1) is 16.9 Å². The Kier molecular flexibility index (Phi) is 5.62. The molecule has 3 atom stereocenters. The zero-order chi connectivity index (χ0) is 16.3. The third-order valence-electron chi connectivity index (χ3n) is 4.31. The van der Waals surface area contributed by atoms with Crippen LogP contribution >= 0.6 is 15.9 Å². The van der Waals surface area contributed by atoms with E-state index in [1.807, 2.05) is 37.3 Å². The first kappa shape index (κ1) is 17.0. The summed E-state index contributed by atoms with van der Waals surface area (Å²) >= 11 is 3.46. The fourth-order valence-electron chi connectivity index (χ4n) is 2.86. The molecule has 0 radical (unpaired) electrons. The van der Waals surface area contributed by atoms with Crippen LogP contribution in [0.4, 0.5) is 4.79 Å². The number of hydrogen-bond acceptors (Lipinski definition) is 2. The topological polar surface area (TPSA) is 40.6 Å². The van der Waals surface area contributed by atoms with Crippen molar-refractivity contribution in [3.63, 3.8) is 0 Å². The second-order valence-corrected chi connectivity index (χ2v) is 6.91. The Morgan fingerprint density at radius 2 is 1.95 bits per heavy atom. The Morgan fingerprint density at radius 3 is 2.55 bits per heavy atom. The second-order valence-electron chi connectivity index (χ2n) is 5.81. The molecule has 1 saturated heterocycles. The summed E-state index contributed by atoms with van der Waals surface area (Å²) in [4.78, 5) is 28.1. The molecule has 1 fully saturated rings. The number of carbonyl (C=O) groups excluding carboxylic acids is 2. The fourth-order valence-corrected chi connectivity index (χ4v) is 3.40. The summed E-state index contributed by atoms with van der Waals surface area (Å²) in [5.74, 6) is -0.136. The SMILES string of the molecule is CCCCC(Br)C(=O)N1C(=O)N(C)[C@@H](C)[C@H]1c1ccccc1. The number of likely N-dealkylation sites (N-methyl/N-ethyl adjacent to an activating group) is 1. The van der Waals surface area contributed by atoms with Crippen molar-refractivity contribution in [3.8, 4) is 0 Å². The number of hydrogen-bond donors (Lipinski definition) is 0. The van der Waals surface area contributed by atoms with E-state index < -0.39 is 0 Å². The lowest BCUT2D eigenvalue weighted by Crippen LogP contribution is -2.40. The number of alkyl halides is 1. The number of carbonyl (C=O) groups is 2. The van der Waals surface area contributed by atoms with Gasteiger partial charge in [-0.1, -0.05) is 66.0 Å². The van der Waals surface area contributed by atoms with Crippen LogP contribution in [0.5, 0.6) is 0 Å². The van der Waals surface area contributed by atoms with Crippen molar-refractivity contribution in [2.45, 2.75) is 50.0 Å². The zero-order valence-corrected chi connectivity index (χ0v) is 14.9. The van der Waals surface area contributed by atoms with Crippen LogP contribution in [0.25, 0.3) is 0 Å². The van der Waals surface area contributed by atoms with Gasteiger partial charge < -0.3 is 4.90 Å². The van der Waals surface area contributed by atoms with Crippen molar-refractivity contribution >= 4 is 27.9 Å². The summed E-state index contributed by atoms with van der Waals surface area (Å²) < 4.78 is 0. The van der Waals surface area contributed by atoms with E-state index in [4.69, 9.17) is 0 Å². The molecule has 0 spiro atoms. The first-order valence-corrected chi connectivity index (χ1v) is 8.69. The molecule has 3 amide bonds. The Hall–Kier alpha value is -1.36. The molecule has 0 bridgehead atoms. The van der Waals surface area contributed by atoms with Gasteiger partial charge in [-0.2, -0.15) is 0 Å². The van der Waals surface area contributed by atoms with Crippen LogP contribution in [0, 0.1) is 0 Å². The molecule has 120 valence electrons. The van der Waals surface area contributed by atoms with Gasteiger partial charge in [0.25, 0.3) is 0 Å². The lowest BCUT2D eigenvalue weighted by molar-refractivity contribution is -0.128. The number of nitrogens with zero attached hydrogens (tertiary/aromatic N) is 2. The van der Waals surface area contributed by atoms with Crippen molar-refractivity contribution in [1.82, 2.24) is 9.80 Å². The van der Waals surface area contributed by atoms with Gasteiger partial charge in [-0.25, -0.2) is 4.79 Å². The molecule has 0 aliphatic carbocycles. The van der Waals surface area contributed by atoms with E-state index in [0.29, 0.717) is 0 Å². The number of halogens is 1. The van der Waals surface area contributed by atoms with Gasteiger partial charge in [0.2, 0.25) is 5.91 Å². The van der Waals surface area contributed by atoms with Crippen molar-refractivity contribution < 1.29 is 9.59 Å². The number of amides is 3. The smallest absolute Gasteiger partial charge is 0.322 e. The monoisotopic (exact) mass is 366 g/mol. The van der Waals surface area contributed by atoms with Crippen molar-refractivity contribution in [3.05, 3.63) is 35.9 Å². The Labute approximate surface area is 140 Å². The maximum absolute atomic E-state index is 12.8. The molecule has 0 N–H and O–H groups in total. The minimum atomic E-state index is -0.304. The quantitative estimate of drug-likeness (QED) is 0.739. The first-order chi connectivity index (χ1) is 10.5. The van der Waals surface area contributed by atoms with Crippen LogP contribution in [0.3, 0.4) is 0 Å². The van der Waals surface area contributed by atoms with Crippen LogP contribution in [0.2, 0.25) is 0 Å². The molecule has 1 heterocycles. The van der Waals surface area contributed by atoms with Gasteiger partial charge in [-0.05, 0) is 18.9 Å². The van der Waals surface area contributed by atoms with Crippen LogP contribution in [-0.2, 0) is 4.79 Å². The standard InChI is InChI=1S/C17H23BrN2O2/c1-4-5-11-14(18)16(21)20-15(12(2)19(3)17(20)22)13-9-7-6-8-10-13/h6-10,12,14-15H,4-5,11H2,1-3H3/t12-,14?,15-/m0/s1. The highest BCUT2D eigenvalue weighted by Crippen LogP contribution is 2.35. The van der Waals surface area contributed by atoms with Gasteiger partial charge in [-0.3, -0.25) is 9.69 Å². The molecule has 1 aromatic carbocycles. The number of unbranched alkanes of at least 4 members (excludes halogenated alkanes) is 1. The Bertz CT molecular complexity index is 535. The average molecular weight is 367 g/mol. The predicted octanol–water partition coefficient (Wildman–Crippen LogP) is 3.96. The molecular formula is C17H23BrN2O2. The molecule has 22 heavy (non-hydrogen) atoms. The lowest BCUT2D eigenvalue weighted by Gasteiger charge is -2.26. The average Bonchev–Trinajstić information content (AvgIpc) is 2.76. The molecule has 2 rings (SSSR count). The first-order valence-electron chi connectivity index (χ1n) is 7.77. The Morgan fingerprint density at radius 1 is 1.32 bits per heavy atom. The molecule has 5 heteroatoms. The van der Waals surface area contributed by atoms with E-state index >= 15 is 0 Å². The molecule has 4 nitrogen and oxygen atoms in total. The second kappa shape index (κ2) is 7.27.